The molecule has 1 rings (SSSR count). The van der Waals surface area contributed by atoms with Crippen LogP contribution in [0.2, 0.25) is 5.02 Å². The predicted octanol–water partition coefficient (Wildman–Crippen LogP) is 2.59. The second-order valence-electron chi connectivity index (χ2n) is 3.99. The molecule has 0 saturated heterocycles. The number of phenolic OH excluding ortho intramolecular Hbond substituents is 1. The Morgan fingerprint density at radius 3 is 2.33 bits per heavy atom. The fourth-order valence-corrected chi connectivity index (χ4v) is 2.24. The smallest absolute Gasteiger partial charge is 0.179 e. The molecule has 0 bridgehead atoms. The lowest BCUT2D eigenvalue weighted by molar-refractivity contribution is 0.0777. The van der Waals surface area contributed by atoms with E-state index in [9.17, 15) is 10.2 Å². The highest BCUT2D eigenvalue weighted by atomic mass is 35.5. The Bertz CT molecular complexity index is 380. The summed E-state index contributed by atoms with van der Waals surface area (Å²) in [4.78, 5) is 0. The molecule has 0 aliphatic carbocycles. The van der Waals surface area contributed by atoms with E-state index in [4.69, 9.17) is 16.3 Å². The molecular formula is C11H15ClO3. The summed E-state index contributed by atoms with van der Waals surface area (Å²) in [7, 11) is 1.42. The van der Waals surface area contributed by atoms with Crippen LogP contribution in [0.5, 0.6) is 11.5 Å². The van der Waals surface area contributed by atoms with Crippen LogP contribution in [0.3, 0.4) is 0 Å². The van der Waals surface area contributed by atoms with Crippen molar-refractivity contribution in [1.82, 2.24) is 0 Å². The molecule has 0 amide bonds. The molecule has 3 nitrogen and oxygen atoms in total. The normalized spacial score (nSPS) is 11.6. The van der Waals surface area contributed by atoms with E-state index in [1.807, 2.05) is 0 Å². The minimum absolute atomic E-state index is 0.0204. The average Bonchev–Trinajstić information content (AvgIpc) is 2.00. The molecule has 15 heavy (non-hydrogen) atoms. The van der Waals surface area contributed by atoms with Gasteiger partial charge in [-0.2, -0.15) is 0 Å². The summed E-state index contributed by atoms with van der Waals surface area (Å²) in [5, 5.41) is 19.8. The van der Waals surface area contributed by atoms with Crippen LogP contribution in [-0.2, 0) is 5.60 Å². The van der Waals surface area contributed by atoms with Crippen LogP contribution in [0.1, 0.15) is 25.0 Å². The number of rotatable bonds is 2. The zero-order valence-electron chi connectivity index (χ0n) is 9.26. The summed E-state index contributed by atoms with van der Waals surface area (Å²) >= 11 is 6.06. The van der Waals surface area contributed by atoms with Crippen LogP contribution in [-0.4, -0.2) is 17.3 Å². The Morgan fingerprint density at radius 2 is 1.93 bits per heavy atom. The highest BCUT2D eigenvalue weighted by Crippen LogP contribution is 2.42. The number of aromatic hydroxyl groups is 1. The Labute approximate surface area is 94.3 Å². The van der Waals surface area contributed by atoms with Crippen molar-refractivity contribution in [3.8, 4) is 11.5 Å². The van der Waals surface area contributed by atoms with Gasteiger partial charge >= 0.3 is 0 Å². The molecule has 2 N–H and O–H groups in total. The third-order valence-corrected chi connectivity index (χ3v) is 2.58. The first kappa shape index (κ1) is 12.1. The molecule has 0 aromatic heterocycles. The number of ether oxygens (including phenoxy) is 1. The van der Waals surface area contributed by atoms with Crippen LogP contribution in [0, 0.1) is 6.92 Å². The molecule has 0 spiro atoms. The largest absolute Gasteiger partial charge is 0.504 e. The Hall–Kier alpha value is -0.930. The average molecular weight is 231 g/mol. The van der Waals surface area contributed by atoms with Crippen LogP contribution in [0.25, 0.3) is 0 Å². The summed E-state index contributed by atoms with van der Waals surface area (Å²) in [6, 6.07) is 1.53. The molecule has 0 radical (unpaired) electrons. The van der Waals surface area contributed by atoms with Crippen molar-refractivity contribution in [2.24, 2.45) is 0 Å². The van der Waals surface area contributed by atoms with Crippen LogP contribution >= 0.6 is 11.6 Å². The van der Waals surface area contributed by atoms with Crippen molar-refractivity contribution in [1.29, 1.82) is 0 Å². The van der Waals surface area contributed by atoms with E-state index in [0.717, 1.165) is 5.56 Å². The second kappa shape index (κ2) is 3.91. The van der Waals surface area contributed by atoms with Crippen molar-refractivity contribution in [3.05, 3.63) is 22.2 Å². The van der Waals surface area contributed by atoms with E-state index < -0.39 is 5.60 Å². The van der Waals surface area contributed by atoms with Crippen molar-refractivity contribution in [2.75, 3.05) is 7.11 Å². The highest BCUT2D eigenvalue weighted by molar-refractivity contribution is 6.33. The molecule has 84 valence electrons. The summed E-state index contributed by atoms with van der Waals surface area (Å²) < 4.78 is 4.97. The van der Waals surface area contributed by atoms with Crippen LogP contribution in [0.4, 0.5) is 0 Å². The van der Waals surface area contributed by atoms with Crippen molar-refractivity contribution in [3.63, 3.8) is 0 Å². The lowest BCUT2D eigenvalue weighted by Crippen LogP contribution is -2.18. The highest BCUT2D eigenvalue weighted by Gasteiger charge is 2.26. The molecule has 0 saturated carbocycles. The van der Waals surface area contributed by atoms with Gasteiger partial charge in [0.25, 0.3) is 0 Å². The molecule has 0 aliphatic rings. The van der Waals surface area contributed by atoms with Gasteiger partial charge in [-0.3, -0.25) is 0 Å². The van der Waals surface area contributed by atoms with E-state index in [0.29, 0.717) is 5.56 Å². The first-order chi connectivity index (χ1) is 6.79. The van der Waals surface area contributed by atoms with Gasteiger partial charge in [0, 0.05) is 5.56 Å². The maximum Gasteiger partial charge on any atom is 0.179 e. The third-order valence-electron chi connectivity index (χ3n) is 2.21. The van der Waals surface area contributed by atoms with E-state index in [-0.39, 0.29) is 16.5 Å². The second-order valence-corrected chi connectivity index (χ2v) is 4.37. The van der Waals surface area contributed by atoms with Gasteiger partial charge in [0.1, 0.15) is 0 Å². The first-order valence-electron chi connectivity index (χ1n) is 4.58. The number of phenols is 1. The van der Waals surface area contributed by atoms with Gasteiger partial charge in [0.05, 0.1) is 17.7 Å². The minimum Gasteiger partial charge on any atom is -0.504 e. The summed E-state index contributed by atoms with van der Waals surface area (Å²) in [5.41, 5.74) is 0.229. The van der Waals surface area contributed by atoms with Gasteiger partial charge in [-0.15, -0.1) is 0 Å². The SMILES string of the molecule is COc1c(O)cc(C)c(C(C)(C)O)c1Cl. The first-order valence-corrected chi connectivity index (χ1v) is 4.95. The van der Waals surface area contributed by atoms with Gasteiger partial charge in [-0.05, 0) is 32.4 Å². The van der Waals surface area contributed by atoms with Gasteiger partial charge in [0.2, 0.25) is 0 Å². The van der Waals surface area contributed by atoms with Gasteiger partial charge < -0.3 is 14.9 Å². The summed E-state index contributed by atoms with van der Waals surface area (Å²) in [6.07, 6.45) is 0. The quantitative estimate of drug-likeness (QED) is 0.821. The number of aryl methyl sites for hydroxylation is 1. The fraction of sp³-hybridized carbons (Fsp3) is 0.455. The number of hydrogen-bond acceptors (Lipinski definition) is 3. The molecule has 1 aromatic rings. The third kappa shape index (κ3) is 2.19. The number of methoxy groups -OCH3 is 1. The molecule has 0 fully saturated rings. The van der Waals surface area contributed by atoms with Crippen molar-refractivity contribution >= 4 is 11.6 Å². The maximum absolute atomic E-state index is 9.94. The molecule has 4 heteroatoms. The molecule has 0 atom stereocenters. The predicted molar refractivity (Wildman–Crippen MR) is 59.7 cm³/mol. The molecular weight excluding hydrogens is 216 g/mol. The van der Waals surface area contributed by atoms with E-state index >= 15 is 0 Å². The van der Waals surface area contributed by atoms with E-state index in [2.05, 4.69) is 0 Å². The topological polar surface area (TPSA) is 49.7 Å². The summed E-state index contributed by atoms with van der Waals surface area (Å²) in [5.74, 6) is 0.174. The van der Waals surface area contributed by atoms with Gasteiger partial charge in [-0.1, -0.05) is 11.6 Å². The maximum atomic E-state index is 9.94. The number of halogens is 1. The number of benzene rings is 1. The number of aliphatic hydroxyl groups is 1. The monoisotopic (exact) mass is 230 g/mol. The van der Waals surface area contributed by atoms with Crippen molar-refractivity contribution < 1.29 is 14.9 Å². The molecule has 1 aromatic carbocycles. The molecule has 0 aliphatic heterocycles. The molecule has 0 unspecified atom stereocenters. The Balaban J connectivity index is 3.53. The fourth-order valence-electron chi connectivity index (χ4n) is 1.69. The van der Waals surface area contributed by atoms with Gasteiger partial charge in [-0.25, -0.2) is 0 Å². The molecule has 0 heterocycles. The number of hydrogen-bond donors (Lipinski definition) is 2. The van der Waals surface area contributed by atoms with E-state index in [1.165, 1.54) is 13.2 Å². The van der Waals surface area contributed by atoms with Crippen LogP contribution in [0.15, 0.2) is 6.07 Å². The van der Waals surface area contributed by atoms with Crippen LogP contribution < -0.4 is 4.74 Å². The van der Waals surface area contributed by atoms with Crippen molar-refractivity contribution in [2.45, 2.75) is 26.4 Å². The lowest BCUT2D eigenvalue weighted by atomic mass is 9.93. The standard InChI is InChI=1S/C11H15ClO3/c1-6-5-7(13)10(15-4)9(12)8(6)11(2,3)14/h5,13-14H,1-4H3. The van der Waals surface area contributed by atoms with Gasteiger partial charge in [0.15, 0.2) is 11.5 Å². The zero-order chi connectivity index (χ0) is 11.8. The lowest BCUT2D eigenvalue weighted by Gasteiger charge is -2.23. The summed E-state index contributed by atoms with van der Waals surface area (Å²) in [6.45, 7) is 5.05. The minimum atomic E-state index is -1.07. The van der Waals surface area contributed by atoms with E-state index in [1.54, 1.807) is 20.8 Å². The Kier molecular flexibility index (Phi) is 3.16. The Morgan fingerprint density at radius 1 is 1.40 bits per heavy atom. The zero-order valence-corrected chi connectivity index (χ0v) is 10.0.